The number of hydrogen-bond donors (Lipinski definition) is 0. The summed E-state index contributed by atoms with van der Waals surface area (Å²) in [6, 6.07) is 7.26. The van der Waals surface area contributed by atoms with Gasteiger partial charge in [0.2, 0.25) is 11.8 Å². The molecule has 1 saturated carbocycles. The highest BCUT2D eigenvalue weighted by Crippen LogP contribution is 2.29. The molecule has 0 unspecified atom stereocenters. The Kier molecular flexibility index (Phi) is 4.55. The quantitative estimate of drug-likeness (QED) is 0.835. The van der Waals surface area contributed by atoms with Gasteiger partial charge in [-0.15, -0.1) is 0 Å². The van der Waals surface area contributed by atoms with Crippen molar-refractivity contribution in [1.29, 1.82) is 0 Å². The normalized spacial score (nSPS) is 22.3. The largest absolute Gasteiger partial charge is 0.497 e. The predicted octanol–water partition coefficient (Wildman–Crippen LogP) is 2.05. The third kappa shape index (κ3) is 3.33. The van der Waals surface area contributed by atoms with E-state index in [2.05, 4.69) is 0 Å². The van der Waals surface area contributed by atoms with Crippen molar-refractivity contribution in [3.8, 4) is 5.75 Å². The van der Waals surface area contributed by atoms with Crippen LogP contribution in [0, 0.1) is 5.92 Å². The Morgan fingerprint density at radius 2 is 1.87 bits per heavy atom. The summed E-state index contributed by atoms with van der Waals surface area (Å²) in [7, 11) is 1.63. The average molecular weight is 316 g/mol. The molecule has 3 rings (SSSR count). The fraction of sp³-hybridized carbons (Fsp3) is 0.556. The molecule has 124 valence electrons. The molecule has 1 aliphatic carbocycles. The van der Waals surface area contributed by atoms with Crippen molar-refractivity contribution in [2.24, 2.45) is 5.92 Å². The minimum Gasteiger partial charge on any atom is -0.497 e. The maximum absolute atomic E-state index is 12.6. The van der Waals surface area contributed by atoms with Gasteiger partial charge in [-0.3, -0.25) is 9.59 Å². The maximum Gasteiger partial charge on any atom is 0.245 e. The van der Waals surface area contributed by atoms with E-state index >= 15 is 0 Å². The van der Waals surface area contributed by atoms with E-state index in [1.54, 1.807) is 16.9 Å². The second kappa shape index (κ2) is 6.60. The third-order valence-electron chi connectivity index (χ3n) is 5.00. The molecule has 1 aromatic rings. The Morgan fingerprint density at radius 3 is 2.43 bits per heavy atom. The van der Waals surface area contributed by atoms with Gasteiger partial charge in [0.05, 0.1) is 7.11 Å². The lowest BCUT2D eigenvalue weighted by atomic mass is 9.84. The maximum atomic E-state index is 12.6. The summed E-state index contributed by atoms with van der Waals surface area (Å²) in [6.07, 6.45) is 3.61. The lowest BCUT2D eigenvalue weighted by Crippen LogP contribution is -2.59. The van der Waals surface area contributed by atoms with Crippen molar-refractivity contribution in [3.63, 3.8) is 0 Å². The van der Waals surface area contributed by atoms with Gasteiger partial charge in [-0.05, 0) is 43.4 Å². The molecule has 1 aliphatic heterocycles. The molecule has 5 heteroatoms. The minimum absolute atomic E-state index is 0.0414. The first-order chi connectivity index (χ1) is 11.1. The Labute approximate surface area is 137 Å². The van der Waals surface area contributed by atoms with Crippen LogP contribution in [0.2, 0.25) is 0 Å². The van der Waals surface area contributed by atoms with Gasteiger partial charge in [0.15, 0.2) is 0 Å². The van der Waals surface area contributed by atoms with Crippen LogP contribution >= 0.6 is 0 Å². The van der Waals surface area contributed by atoms with E-state index in [9.17, 15) is 9.59 Å². The molecule has 2 aliphatic rings. The zero-order valence-electron chi connectivity index (χ0n) is 13.8. The van der Waals surface area contributed by atoms with Crippen molar-refractivity contribution < 1.29 is 14.3 Å². The van der Waals surface area contributed by atoms with Crippen molar-refractivity contribution in [1.82, 2.24) is 9.80 Å². The molecule has 0 aromatic heterocycles. The zero-order chi connectivity index (χ0) is 16.4. The first-order valence-electron chi connectivity index (χ1n) is 8.29. The Bertz CT molecular complexity index is 580. The summed E-state index contributed by atoms with van der Waals surface area (Å²) in [5, 5.41) is 0. The zero-order valence-corrected chi connectivity index (χ0v) is 13.8. The van der Waals surface area contributed by atoms with E-state index in [-0.39, 0.29) is 24.4 Å². The summed E-state index contributed by atoms with van der Waals surface area (Å²) in [4.78, 5) is 28.5. The predicted molar refractivity (Wildman–Crippen MR) is 86.9 cm³/mol. The summed E-state index contributed by atoms with van der Waals surface area (Å²) in [5.74, 6) is 1.48. The average Bonchev–Trinajstić information content (AvgIpc) is 2.51. The molecule has 1 aromatic carbocycles. The van der Waals surface area contributed by atoms with Crippen LogP contribution in [0.25, 0.3) is 0 Å². The number of nitrogens with zero attached hydrogens (tertiary/aromatic N) is 2. The highest BCUT2D eigenvalue weighted by molar-refractivity contribution is 5.94. The van der Waals surface area contributed by atoms with Crippen LogP contribution in [0.1, 0.15) is 31.7 Å². The molecule has 5 nitrogen and oxygen atoms in total. The molecule has 2 fully saturated rings. The molecule has 1 saturated heterocycles. The number of hydrogen-bond acceptors (Lipinski definition) is 3. The van der Waals surface area contributed by atoms with Gasteiger partial charge in [0.25, 0.3) is 0 Å². The van der Waals surface area contributed by atoms with Crippen molar-refractivity contribution >= 4 is 11.8 Å². The molecule has 0 bridgehead atoms. The molecule has 0 spiro atoms. The van der Waals surface area contributed by atoms with E-state index in [0.29, 0.717) is 12.5 Å². The molecule has 1 atom stereocenters. The number of carbonyl (C=O) groups excluding carboxylic acids is 2. The number of rotatable bonds is 5. The van der Waals surface area contributed by atoms with Crippen LogP contribution in [-0.4, -0.2) is 47.9 Å². The fourth-order valence-electron chi connectivity index (χ4n) is 3.24. The number of piperazine rings is 1. The van der Waals surface area contributed by atoms with E-state index in [4.69, 9.17) is 4.74 Å². The first-order valence-corrected chi connectivity index (χ1v) is 8.29. The summed E-state index contributed by atoms with van der Waals surface area (Å²) in [6.45, 7) is 3.24. The van der Waals surface area contributed by atoms with Gasteiger partial charge in [0, 0.05) is 13.1 Å². The van der Waals surface area contributed by atoms with Gasteiger partial charge < -0.3 is 14.5 Å². The number of benzene rings is 1. The summed E-state index contributed by atoms with van der Waals surface area (Å²) < 4.78 is 5.14. The van der Waals surface area contributed by atoms with Gasteiger partial charge in [0.1, 0.15) is 18.3 Å². The van der Waals surface area contributed by atoms with E-state index in [1.807, 2.05) is 31.2 Å². The number of amides is 2. The monoisotopic (exact) mass is 316 g/mol. The van der Waals surface area contributed by atoms with Crippen molar-refractivity contribution in [2.45, 2.75) is 38.8 Å². The van der Waals surface area contributed by atoms with Crippen LogP contribution in [-0.2, 0) is 16.1 Å². The molecule has 1 heterocycles. The highest BCUT2D eigenvalue weighted by atomic mass is 16.5. The van der Waals surface area contributed by atoms with Crippen molar-refractivity contribution in [2.75, 3.05) is 20.2 Å². The summed E-state index contributed by atoms with van der Waals surface area (Å²) >= 11 is 0. The standard InChI is InChI=1S/C18H24N2O3/c1-13-18(22)19(10-15-6-8-16(23-2)9-7-15)12-17(21)20(13)11-14-4-3-5-14/h6-9,13-14H,3-5,10-12H2,1-2H3/t13-/m0/s1. The summed E-state index contributed by atoms with van der Waals surface area (Å²) in [5.41, 5.74) is 1.01. The van der Waals surface area contributed by atoms with Gasteiger partial charge in [-0.25, -0.2) is 0 Å². The molecular formula is C18H24N2O3. The number of carbonyl (C=O) groups is 2. The third-order valence-corrected chi connectivity index (χ3v) is 5.00. The van der Waals surface area contributed by atoms with E-state index in [1.165, 1.54) is 19.3 Å². The van der Waals surface area contributed by atoms with Crippen LogP contribution in [0.15, 0.2) is 24.3 Å². The molecule has 0 N–H and O–H groups in total. The van der Waals surface area contributed by atoms with Gasteiger partial charge >= 0.3 is 0 Å². The lowest BCUT2D eigenvalue weighted by Gasteiger charge is -2.41. The highest BCUT2D eigenvalue weighted by Gasteiger charge is 2.38. The molecule has 0 radical (unpaired) electrons. The minimum atomic E-state index is -0.352. The topological polar surface area (TPSA) is 49.9 Å². The smallest absolute Gasteiger partial charge is 0.245 e. The second-order valence-electron chi connectivity index (χ2n) is 6.56. The van der Waals surface area contributed by atoms with Crippen LogP contribution in [0.3, 0.4) is 0 Å². The Balaban J connectivity index is 1.64. The van der Waals surface area contributed by atoms with E-state index in [0.717, 1.165) is 17.9 Å². The van der Waals surface area contributed by atoms with Crippen molar-refractivity contribution in [3.05, 3.63) is 29.8 Å². The SMILES string of the molecule is COc1ccc(CN2CC(=O)N(CC3CCC3)[C@@H](C)C2=O)cc1. The lowest BCUT2D eigenvalue weighted by molar-refractivity contribution is -0.156. The molecule has 2 amide bonds. The number of methoxy groups -OCH3 is 1. The van der Waals surface area contributed by atoms with Gasteiger partial charge in [-0.2, -0.15) is 0 Å². The molecule has 23 heavy (non-hydrogen) atoms. The van der Waals surface area contributed by atoms with Crippen LogP contribution < -0.4 is 4.74 Å². The van der Waals surface area contributed by atoms with Gasteiger partial charge in [-0.1, -0.05) is 18.6 Å². The molecular weight excluding hydrogens is 292 g/mol. The first kappa shape index (κ1) is 15.8. The second-order valence-corrected chi connectivity index (χ2v) is 6.56. The number of ether oxygens (including phenoxy) is 1. The Hall–Kier alpha value is -2.04. The van der Waals surface area contributed by atoms with E-state index < -0.39 is 0 Å². The van der Waals surface area contributed by atoms with Crippen LogP contribution in [0.4, 0.5) is 0 Å². The van der Waals surface area contributed by atoms with Crippen LogP contribution in [0.5, 0.6) is 5.75 Å². The Morgan fingerprint density at radius 1 is 1.17 bits per heavy atom. The fourth-order valence-corrected chi connectivity index (χ4v) is 3.24.